The fraction of sp³-hybridized carbons (Fsp3) is 0.400. The Morgan fingerprint density at radius 1 is 1.24 bits per heavy atom. The Kier molecular flexibility index (Phi) is 3.80. The summed E-state index contributed by atoms with van der Waals surface area (Å²) in [6, 6.07) is 8.47. The molecule has 4 rings (SSSR count). The van der Waals surface area contributed by atoms with Crippen LogP contribution in [-0.4, -0.2) is 17.2 Å². The van der Waals surface area contributed by atoms with Gasteiger partial charge in [-0.1, -0.05) is 31.1 Å². The van der Waals surface area contributed by atoms with Gasteiger partial charge in [-0.2, -0.15) is 0 Å². The van der Waals surface area contributed by atoms with E-state index in [4.69, 9.17) is 4.52 Å². The number of fused-ring (bicyclic) bond motifs is 1. The molecule has 0 saturated heterocycles. The van der Waals surface area contributed by atoms with Crippen molar-refractivity contribution in [3.8, 4) is 0 Å². The fourth-order valence-corrected chi connectivity index (χ4v) is 4.41. The van der Waals surface area contributed by atoms with Crippen LogP contribution < -0.4 is 5.32 Å². The first-order chi connectivity index (χ1) is 11.9. The summed E-state index contributed by atoms with van der Waals surface area (Å²) in [4.78, 5) is 14.3. The third kappa shape index (κ3) is 2.71. The summed E-state index contributed by atoms with van der Waals surface area (Å²) < 4.78 is 5.53. The standard InChI is InChI=1S/C20H22N2O2S/c1-11-16-17(12-5-7-13(25-4)8-6-12)18-14(21-19(16)24-22-11)9-20(2,3)10-15(18)23/h5-8,17,21H,9-10H2,1-4H3. The lowest BCUT2D eigenvalue weighted by atomic mass is 9.69. The number of carbonyl (C=O) groups is 1. The van der Waals surface area contributed by atoms with E-state index in [1.807, 2.05) is 6.92 Å². The molecule has 1 aliphatic heterocycles. The van der Waals surface area contributed by atoms with Crippen molar-refractivity contribution in [1.82, 2.24) is 5.16 Å². The van der Waals surface area contributed by atoms with Gasteiger partial charge in [0.25, 0.3) is 0 Å². The van der Waals surface area contributed by atoms with Crippen molar-refractivity contribution in [3.63, 3.8) is 0 Å². The van der Waals surface area contributed by atoms with Gasteiger partial charge in [0.05, 0.1) is 11.3 Å². The van der Waals surface area contributed by atoms with Crippen molar-refractivity contribution in [2.45, 2.75) is 44.4 Å². The maximum absolute atomic E-state index is 13.0. The number of nitrogens with one attached hydrogen (secondary N) is 1. The summed E-state index contributed by atoms with van der Waals surface area (Å²) in [6.07, 6.45) is 3.48. The Balaban J connectivity index is 1.89. The molecule has 0 spiro atoms. The quantitative estimate of drug-likeness (QED) is 0.777. The minimum Gasteiger partial charge on any atom is -0.338 e. The van der Waals surface area contributed by atoms with E-state index in [0.29, 0.717) is 12.3 Å². The number of anilines is 1. The van der Waals surface area contributed by atoms with Crippen molar-refractivity contribution in [1.29, 1.82) is 0 Å². The zero-order valence-corrected chi connectivity index (χ0v) is 15.8. The fourth-order valence-electron chi connectivity index (χ4n) is 4.00. The molecule has 1 atom stereocenters. The van der Waals surface area contributed by atoms with E-state index in [9.17, 15) is 4.79 Å². The summed E-state index contributed by atoms with van der Waals surface area (Å²) in [5.74, 6) is 0.807. The van der Waals surface area contributed by atoms with Crippen molar-refractivity contribution in [2.24, 2.45) is 5.41 Å². The van der Waals surface area contributed by atoms with Crippen LogP contribution in [0, 0.1) is 12.3 Å². The zero-order chi connectivity index (χ0) is 17.8. The van der Waals surface area contributed by atoms with Crippen molar-refractivity contribution < 1.29 is 9.32 Å². The van der Waals surface area contributed by atoms with Crippen LogP contribution in [0.2, 0.25) is 0 Å². The van der Waals surface area contributed by atoms with Crippen LogP contribution in [0.1, 0.15) is 49.4 Å². The first kappa shape index (κ1) is 16.5. The van der Waals surface area contributed by atoms with Gasteiger partial charge in [-0.3, -0.25) is 4.79 Å². The molecule has 0 radical (unpaired) electrons. The van der Waals surface area contributed by atoms with Crippen LogP contribution in [0.5, 0.6) is 0 Å². The Labute approximate surface area is 152 Å². The molecule has 0 saturated carbocycles. The number of benzene rings is 1. The second kappa shape index (κ2) is 5.77. The number of aryl methyl sites for hydroxylation is 1. The van der Waals surface area contributed by atoms with E-state index in [1.54, 1.807) is 11.8 Å². The molecule has 4 nitrogen and oxygen atoms in total. The Morgan fingerprint density at radius 2 is 1.96 bits per heavy atom. The van der Waals surface area contributed by atoms with Gasteiger partial charge in [0.2, 0.25) is 5.88 Å². The number of aromatic nitrogens is 1. The lowest BCUT2D eigenvalue weighted by Gasteiger charge is -2.37. The maximum Gasteiger partial charge on any atom is 0.233 e. The van der Waals surface area contributed by atoms with Gasteiger partial charge in [0.15, 0.2) is 5.78 Å². The third-order valence-electron chi connectivity index (χ3n) is 5.12. The number of Topliss-reactive ketones (excluding diaryl/α,β-unsaturated/α-hetero) is 1. The predicted octanol–water partition coefficient (Wildman–Crippen LogP) is 4.91. The van der Waals surface area contributed by atoms with Crippen LogP contribution in [0.25, 0.3) is 0 Å². The van der Waals surface area contributed by atoms with Crippen molar-refractivity contribution >= 4 is 23.4 Å². The lowest BCUT2D eigenvalue weighted by Crippen LogP contribution is -2.33. The van der Waals surface area contributed by atoms with E-state index in [1.165, 1.54) is 4.90 Å². The molecule has 2 aromatic rings. The molecule has 5 heteroatoms. The topological polar surface area (TPSA) is 55.1 Å². The first-order valence-corrected chi connectivity index (χ1v) is 9.75. The zero-order valence-electron chi connectivity index (χ0n) is 15.0. The molecular formula is C20H22N2O2S. The molecule has 1 aromatic heterocycles. The minimum absolute atomic E-state index is 0.0389. The number of hydrogen-bond donors (Lipinski definition) is 1. The normalized spacial score (nSPS) is 21.6. The smallest absolute Gasteiger partial charge is 0.233 e. The van der Waals surface area contributed by atoms with E-state index in [-0.39, 0.29) is 17.1 Å². The lowest BCUT2D eigenvalue weighted by molar-refractivity contribution is -0.118. The molecule has 1 aliphatic carbocycles. The number of ketones is 1. The number of allylic oxidation sites excluding steroid dienone is 2. The van der Waals surface area contributed by atoms with Crippen LogP contribution in [0.15, 0.2) is 45.0 Å². The van der Waals surface area contributed by atoms with Gasteiger partial charge in [-0.15, -0.1) is 11.8 Å². The van der Waals surface area contributed by atoms with E-state index in [0.717, 1.165) is 34.5 Å². The van der Waals surface area contributed by atoms with E-state index in [2.05, 4.69) is 54.8 Å². The van der Waals surface area contributed by atoms with Crippen molar-refractivity contribution in [2.75, 3.05) is 11.6 Å². The van der Waals surface area contributed by atoms with Gasteiger partial charge in [0.1, 0.15) is 0 Å². The Hall–Kier alpha value is -2.01. The summed E-state index contributed by atoms with van der Waals surface area (Å²) in [6.45, 7) is 6.22. The number of nitrogens with zero attached hydrogens (tertiary/aromatic N) is 1. The number of carbonyl (C=O) groups excluding carboxylic acids is 1. The SMILES string of the molecule is CSc1ccc(C2C3=C(CC(C)(C)CC3=O)Nc3onc(C)c32)cc1. The van der Waals surface area contributed by atoms with Crippen LogP contribution in [0.4, 0.5) is 5.88 Å². The molecule has 0 fully saturated rings. The highest BCUT2D eigenvalue weighted by Crippen LogP contribution is 2.49. The third-order valence-corrected chi connectivity index (χ3v) is 5.86. The molecule has 2 aliphatic rings. The monoisotopic (exact) mass is 354 g/mol. The van der Waals surface area contributed by atoms with Crippen LogP contribution in [-0.2, 0) is 4.79 Å². The van der Waals surface area contributed by atoms with Gasteiger partial charge in [0, 0.05) is 28.5 Å². The second-order valence-corrected chi connectivity index (χ2v) is 8.55. The van der Waals surface area contributed by atoms with Crippen molar-refractivity contribution in [3.05, 3.63) is 52.4 Å². The molecule has 130 valence electrons. The molecule has 1 aromatic carbocycles. The molecule has 25 heavy (non-hydrogen) atoms. The average molecular weight is 354 g/mol. The molecular weight excluding hydrogens is 332 g/mol. The largest absolute Gasteiger partial charge is 0.338 e. The van der Waals surface area contributed by atoms with E-state index >= 15 is 0 Å². The van der Waals surface area contributed by atoms with Gasteiger partial charge >= 0.3 is 0 Å². The maximum atomic E-state index is 13.0. The Bertz CT molecular complexity index is 878. The van der Waals surface area contributed by atoms with Crippen LogP contribution >= 0.6 is 11.8 Å². The second-order valence-electron chi connectivity index (χ2n) is 7.68. The summed E-state index contributed by atoms with van der Waals surface area (Å²) in [7, 11) is 0. The van der Waals surface area contributed by atoms with Gasteiger partial charge in [-0.25, -0.2) is 0 Å². The van der Waals surface area contributed by atoms with Crippen LogP contribution in [0.3, 0.4) is 0 Å². The Morgan fingerprint density at radius 3 is 2.64 bits per heavy atom. The number of hydrogen-bond acceptors (Lipinski definition) is 5. The highest BCUT2D eigenvalue weighted by Gasteiger charge is 2.42. The molecule has 1 unspecified atom stereocenters. The van der Waals surface area contributed by atoms with E-state index < -0.39 is 0 Å². The molecule has 0 amide bonds. The number of thioether (sulfide) groups is 1. The minimum atomic E-state index is -0.1000. The molecule has 1 N–H and O–H groups in total. The summed E-state index contributed by atoms with van der Waals surface area (Å²) in [5.41, 5.74) is 4.78. The average Bonchev–Trinajstić information content (AvgIpc) is 2.93. The van der Waals surface area contributed by atoms with Gasteiger partial charge in [-0.05, 0) is 42.7 Å². The predicted molar refractivity (Wildman–Crippen MR) is 100.0 cm³/mol. The number of rotatable bonds is 2. The summed E-state index contributed by atoms with van der Waals surface area (Å²) >= 11 is 1.72. The van der Waals surface area contributed by atoms with Gasteiger partial charge < -0.3 is 9.84 Å². The highest BCUT2D eigenvalue weighted by atomic mass is 32.2. The highest BCUT2D eigenvalue weighted by molar-refractivity contribution is 7.98. The molecule has 0 bridgehead atoms. The summed E-state index contributed by atoms with van der Waals surface area (Å²) in [5, 5.41) is 7.50. The molecule has 2 heterocycles. The first-order valence-electron chi connectivity index (χ1n) is 8.53.